The maximum Gasteiger partial charge on any atom is 0.350 e. The molecule has 1 amide bonds. The molecule has 12 heteroatoms. The number of nitrogens with one attached hydrogen (secondary N) is 2. The van der Waals surface area contributed by atoms with Gasteiger partial charge in [0.05, 0.1) is 17.7 Å². The third kappa shape index (κ3) is 3.96. The van der Waals surface area contributed by atoms with Crippen molar-refractivity contribution in [3.05, 3.63) is 75.7 Å². The summed E-state index contributed by atoms with van der Waals surface area (Å²) in [7, 11) is -3.23. The van der Waals surface area contributed by atoms with Crippen LogP contribution >= 0.6 is 23.1 Å². The van der Waals surface area contributed by atoms with Gasteiger partial charge in [0.25, 0.3) is 26.4 Å². The summed E-state index contributed by atoms with van der Waals surface area (Å²) in [6.07, 6.45) is 0.303. The normalized spacial score (nSPS) is 22.5. The lowest BCUT2D eigenvalue weighted by Crippen LogP contribution is -2.58. The van der Waals surface area contributed by atoms with E-state index in [1.807, 2.05) is 30.3 Å². The van der Waals surface area contributed by atoms with Gasteiger partial charge in [-0.2, -0.15) is 0 Å². The summed E-state index contributed by atoms with van der Waals surface area (Å²) in [6, 6.07) is 10.8. The molecule has 2 aliphatic heterocycles. The van der Waals surface area contributed by atoms with E-state index in [0.29, 0.717) is 23.9 Å². The number of hydrogen-bond donors (Lipinski definition) is 2. The molecule has 32 heavy (non-hydrogen) atoms. The molecule has 3 heterocycles. The number of anilines is 1. The molecule has 0 bridgehead atoms. The standard InChI is InChI=1S/C20H18N2O7S3/c1-12-17(23)21-20(31-12,19-28-11-14(29-19)10-13-6-4-3-5-7-13)32(25,26)22-15-8-9-30-16(15)18(24)27-2/h3-9,11,19,22H,1,10H2,2H3,(H,21,23). The Kier molecular flexibility index (Phi) is 5.93. The number of carbonyl (C=O) groups is 2. The Morgan fingerprint density at radius 2 is 2.06 bits per heavy atom. The first-order valence-electron chi connectivity index (χ1n) is 9.19. The highest BCUT2D eigenvalue weighted by molar-refractivity contribution is 8.18. The first-order chi connectivity index (χ1) is 15.3. The molecule has 0 aliphatic carbocycles. The van der Waals surface area contributed by atoms with Crippen molar-refractivity contribution >= 4 is 50.7 Å². The van der Waals surface area contributed by atoms with E-state index < -0.39 is 32.4 Å². The van der Waals surface area contributed by atoms with Crippen molar-refractivity contribution in [3.8, 4) is 0 Å². The quantitative estimate of drug-likeness (QED) is 0.445. The second-order valence-electron chi connectivity index (χ2n) is 6.74. The third-order valence-electron chi connectivity index (χ3n) is 4.61. The van der Waals surface area contributed by atoms with Gasteiger partial charge in [-0.25, -0.2) is 13.2 Å². The molecule has 2 atom stereocenters. The first-order valence-corrected chi connectivity index (χ1v) is 12.4. The highest BCUT2D eigenvalue weighted by atomic mass is 32.3. The van der Waals surface area contributed by atoms with Crippen LogP contribution in [0.5, 0.6) is 0 Å². The maximum absolute atomic E-state index is 13.5. The minimum Gasteiger partial charge on any atom is -0.465 e. The summed E-state index contributed by atoms with van der Waals surface area (Å²) in [4.78, 5) is 24.3. The van der Waals surface area contributed by atoms with Crippen LogP contribution in [0.3, 0.4) is 0 Å². The average Bonchev–Trinajstić information content (AvgIpc) is 3.49. The molecule has 0 saturated carbocycles. The van der Waals surface area contributed by atoms with Crippen molar-refractivity contribution in [3.63, 3.8) is 0 Å². The van der Waals surface area contributed by atoms with E-state index in [9.17, 15) is 18.0 Å². The minimum absolute atomic E-state index is 0.0161. The Bertz CT molecular complexity index is 1190. The summed E-state index contributed by atoms with van der Waals surface area (Å²) in [5.41, 5.74) is 0.954. The van der Waals surface area contributed by atoms with Crippen LogP contribution in [0.15, 0.2) is 65.3 Å². The summed E-state index contributed by atoms with van der Waals surface area (Å²) in [6.45, 7) is 3.62. The number of amides is 1. The maximum atomic E-state index is 13.5. The van der Waals surface area contributed by atoms with Crippen LogP contribution in [0.2, 0.25) is 0 Å². The second kappa shape index (κ2) is 8.52. The molecule has 0 spiro atoms. The molecular weight excluding hydrogens is 476 g/mol. The molecule has 1 fully saturated rings. The van der Waals surface area contributed by atoms with Crippen molar-refractivity contribution in [2.75, 3.05) is 11.8 Å². The highest BCUT2D eigenvalue weighted by Gasteiger charge is 2.62. The SMILES string of the molecule is C=C1SC(C2OC=C(Cc3ccccc3)O2)(S(=O)(=O)Nc2ccsc2C(=O)OC)NC1=O. The number of sulfonamides is 1. The van der Waals surface area contributed by atoms with Gasteiger partial charge in [-0.3, -0.25) is 9.52 Å². The van der Waals surface area contributed by atoms with Crippen molar-refractivity contribution in [2.45, 2.75) is 16.9 Å². The lowest BCUT2D eigenvalue weighted by Gasteiger charge is -2.31. The largest absolute Gasteiger partial charge is 0.465 e. The summed E-state index contributed by atoms with van der Waals surface area (Å²) in [5, 5.41) is 3.98. The zero-order valence-electron chi connectivity index (χ0n) is 16.7. The van der Waals surface area contributed by atoms with Crippen LogP contribution in [0.4, 0.5) is 5.69 Å². The van der Waals surface area contributed by atoms with E-state index in [-0.39, 0.29) is 15.5 Å². The summed E-state index contributed by atoms with van der Waals surface area (Å²) in [5.74, 6) is -0.962. The first kappa shape index (κ1) is 22.2. The molecule has 1 saturated heterocycles. The molecular formula is C20H18N2O7S3. The molecule has 2 N–H and O–H groups in total. The lowest BCUT2D eigenvalue weighted by atomic mass is 10.1. The molecule has 1 aromatic heterocycles. The molecule has 0 radical (unpaired) electrons. The number of esters is 1. The minimum atomic E-state index is -4.42. The molecule has 2 aliphatic rings. The Labute approximate surface area is 192 Å². The number of carbonyl (C=O) groups excluding carboxylic acids is 2. The van der Waals surface area contributed by atoms with Gasteiger partial charge in [-0.1, -0.05) is 48.7 Å². The van der Waals surface area contributed by atoms with E-state index in [1.165, 1.54) is 24.8 Å². The van der Waals surface area contributed by atoms with Gasteiger partial charge in [-0.05, 0) is 17.0 Å². The molecule has 2 unspecified atom stereocenters. The van der Waals surface area contributed by atoms with E-state index in [1.54, 1.807) is 0 Å². The van der Waals surface area contributed by atoms with Crippen LogP contribution in [-0.2, 0) is 35.4 Å². The van der Waals surface area contributed by atoms with Crippen molar-refractivity contribution < 1.29 is 32.2 Å². The van der Waals surface area contributed by atoms with E-state index in [0.717, 1.165) is 16.9 Å². The van der Waals surface area contributed by atoms with Crippen LogP contribution in [0.1, 0.15) is 15.2 Å². The smallest absolute Gasteiger partial charge is 0.350 e. The Morgan fingerprint density at radius 1 is 1.31 bits per heavy atom. The molecule has 2 aromatic rings. The molecule has 4 rings (SSSR count). The van der Waals surface area contributed by atoms with Crippen molar-refractivity contribution in [1.82, 2.24) is 5.32 Å². The van der Waals surface area contributed by atoms with Gasteiger partial charge >= 0.3 is 5.97 Å². The number of rotatable bonds is 7. The lowest BCUT2D eigenvalue weighted by molar-refractivity contribution is -0.119. The van der Waals surface area contributed by atoms with Gasteiger partial charge in [0.2, 0.25) is 0 Å². The fourth-order valence-electron chi connectivity index (χ4n) is 3.08. The zero-order chi connectivity index (χ0) is 22.9. The number of methoxy groups -OCH3 is 1. The van der Waals surface area contributed by atoms with Gasteiger partial charge in [0, 0.05) is 6.42 Å². The number of benzene rings is 1. The van der Waals surface area contributed by atoms with Crippen LogP contribution in [-0.4, -0.2) is 37.9 Å². The second-order valence-corrected chi connectivity index (χ2v) is 11.1. The Morgan fingerprint density at radius 3 is 2.72 bits per heavy atom. The van der Waals surface area contributed by atoms with Crippen LogP contribution in [0, 0.1) is 0 Å². The fraction of sp³-hybridized carbons (Fsp3) is 0.200. The predicted molar refractivity (Wildman–Crippen MR) is 120 cm³/mol. The molecule has 1 aromatic carbocycles. The summed E-state index contributed by atoms with van der Waals surface area (Å²) < 4.78 is 43.4. The predicted octanol–water partition coefficient (Wildman–Crippen LogP) is 2.76. The fourth-order valence-corrected chi connectivity index (χ4v) is 6.82. The zero-order valence-corrected chi connectivity index (χ0v) is 19.1. The number of thiophene rings is 1. The van der Waals surface area contributed by atoms with E-state index in [4.69, 9.17) is 14.2 Å². The van der Waals surface area contributed by atoms with Gasteiger partial charge in [0.1, 0.15) is 16.9 Å². The number of allylic oxidation sites excluding steroid dienone is 1. The Hall–Kier alpha value is -2.96. The summed E-state index contributed by atoms with van der Waals surface area (Å²) >= 11 is 1.69. The topological polar surface area (TPSA) is 120 Å². The monoisotopic (exact) mass is 494 g/mol. The van der Waals surface area contributed by atoms with Crippen molar-refractivity contribution in [2.24, 2.45) is 0 Å². The molecule has 168 valence electrons. The number of ether oxygens (including phenoxy) is 3. The molecule has 9 nitrogen and oxygen atoms in total. The van der Waals surface area contributed by atoms with E-state index >= 15 is 0 Å². The van der Waals surface area contributed by atoms with Crippen LogP contribution in [0.25, 0.3) is 0 Å². The average molecular weight is 495 g/mol. The van der Waals surface area contributed by atoms with E-state index in [2.05, 4.69) is 16.6 Å². The van der Waals surface area contributed by atoms with Crippen molar-refractivity contribution in [1.29, 1.82) is 0 Å². The number of thioether (sulfide) groups is 1. The Balaban J connectivity index is 1.62. The number of hydrogen-bond acceptors (Lipinski definition) is 9. The highest BCUT2D eigenvalue weighted by Crippen LogP contribution is 2.46. The van der Waals surface area contributed by atoms with Gasteiger partial charge < -0.3 is 19.5 Å². The van der Waals surface area contributed by atoms with Crippen LogP contribution < -0.4 is 10.0 Å². The third-order valence-corrected chi connectivity index (χ3v) is 9.02. The van der Waals surface area contributed by atoms with Gasteiger partial charge in [-0.15, -0.1) is 11.3 Å². The van der Waals surface area contributed by atoms with Gasteiger partial charge in [0.15, 0.2) is 0 Å².